The first-order chi connectivity index (χ1) is 6.83. The Morgan fingerprint density at radius 2 is 2.50 bits per heavy atom. The molecular formula is C9H7FN4. The van der Waals surface area contributed by atoms with Crippen molar-refractivity contribution in [1.29, 1.82) is 0 Å². The Kier molecular flexibility index (Phi) is 3.99. The van der Waals surface area contributed by atoms with Crippen molar-refractivity contribution >= 4 is 0 Å². The van der Waals surface area contributed by atoms with Gasteiger partial charge in [0.05, 0.1) is 0 Å². The molecular weight excluding hydrogens is 183 g/mol. The molecule has 1 aromatic rings. The maximum Gasteiger partial charge on any atom is 0.214 e. The summed E-state index contributed by atoms with van der Waals surface area (Å²) in [4.78, 5) is 5.98. The van der Waals surface area contributed by atoms with Crippen LogP contribution in [-0.4, -0.2) is 11.5 Å². The molecule has 1 rings (SSSR count). The van der Waals surface area contributed by atoms with Crippen molar-refractivity contribution < 1.29 is 4.39 Å². The molecule has 0 aromatic carbocycles. The highest BCUT2D eigenvalue weighted by atomic mass is 19.1. The number of rotatable bonds is 2. The van der Waals surface area contributed by atoms with E-state index in [2.05, 4.69) is 26.9 Å². The van der Waals surface area contributed by atoms with Gasteiger partial charge in [0.2, 0.25) is 5.95 Å². The molecule has 4 nitrogen and oxygen atoms in total. The van der Waals surface area contributed by atoms with Crippen LogP contribution in [0.4, 0.5) is 4.39 Å². The van der Waals surface area contributed by atoms with Crippen LogP contribution in [0.1, 0.15) is 12.0 Å². The Balaban J connectivity index is 2.54. The summed E-state index contributed by atoms with van der Waals surface area (Å²) in [5.41, 5.74) is 8.54. The summed E-state index contributed by atoms with van der Waals surface area (Å²) in [5, 5.41) is 3.31. The number of hydrogen-bond donors (Lipinski definition) is 0. The van der Waals surface area contributed by atoms with Gasteiger partial charge in [0, 0.05) is 35.7 Å². The molecule has 0 saturated heterocycles. The lowest BCUT2D eigenvalue weighted by Gasteiger charge is -1.88. The van der Waals surface area contributed by atoms with Crippen LogP contribution in [0.5, 0.6) is 0 Å². The van der Waals surface area contributed by atoms with Gasteiger partial charge in [-0.3, -0.25) is 0 Å². The van der Waals surface area contributed by atoms with Crippen LogP contribution >= 0.6 is 0 Å². The van der Waals surface area contributed by atoms with Crippen LogP contribution in [0.2, 0.25) is 0 Å². The van der Waals surface area contributed by atoms with Gasteiger partial charge in [0.1, 0.15) is 0 Å². The lowest BCUT2D eigenvalue weighted by atomic mass is 10.2. The van der Waals surface area contributed by atoms with E-state index in [1.165, 1.54) is 12.3 Å². The van der Waals surface area contributed by atoms with E-state index in [-0.39, 0.29) is 0 Å². The third-order valence-electron chi connectivity index (χ3n) is 1.36. The van der Waals surface area contributed by atoms with Crippen molar-refractivity contribution in [1.82, 2.24) is 4.98 Å². The Bertz CT molecular complexity index is 412. The van der Waals surface area contributed by atoms with Gasteiger partial charge >= 0.3 is 0 Å². The van der Waals surface area contributed by atoms with Crippen molar-refractivity contribution in [3.63, 3.8) is 0 Å². The van der Waals surface area contributed by atoms with E-state index in [1.54, 1.807) is 6.07 Å². The van der Waals surface area contributed by atoms with Crippen molar-refractivity contribution in [2.45, 2.75) is 6.42 Å². The number of halogens is 1. The van der Waals surface area contributed by atoms with E-state index >= 15 is 0 Å². The van der Waals surface area contributed by atoms with Crippen LogP contribution < -0.4 is 0 Å². The minimum atomic E-state index is -0.549. The monoisotopic (exact) mass is 190 g/mol. The summed E-state index contributed by atoms with van der Waals surface area (Å²) in [6.45, 7) is 0.330. The third-order valence-corrected chi connectivity index (χ3v) is 1.36. The summed E-state index contributed by atoms with van der Waals surface area (Å²) in [5.74, 6) is 4.94. The van der Waals surface area contributed by atoms with Gasteiger partial charge in [-0.25, -0.2) is 4.98 Å². The first-order valence-electron chi connectivity index (χ1n) is 3.94. The topological polar surface area (TPSA) is 61.7 Å². The molecule has 14 heavy (non-hydrogen) atoms. The predicted molar refractivity (Wildman–Crippen MR) is 49.7 cm³/mol. The fourth-order valence-corrected chi connectivity index (χ4v) is 0.795. The molecule has 1 heterocycles. The molecule has 0 amide bonds. The molecule has 0 aliphatic rings. The van der Waals surface area contributed by atoms with Gasteiger partial charge in [-0.2, -0.15) is 4.39 Å². The molecule has 5 heteroatoms. The van der Waals surface area contributed by atoms with Crippen LogP contribution in [0.15, 0.2) is 23.4 Å². The number of pyridine rings is 1. The van der Waals surface area contributed by atoms with Gasteiger partial charge in [-0.15, -0.1) is 0 Å². The van der Waals surface area contributed by atoms with E-state index in [1.807, 2.05) is 0 Å². The summed E-state index contributed by atoms with van der Waals surface area (Å²) in [7, 11) is 0. The molecule has 70 valence electrons. The zero-order chi connectivity index (χ0) is 10.2. The SMILES string of the molecule is [N-]=[N+]=NCCC#Cc1ccnc(F)c1. The molecule has 0 bridgehead atoms. The summed E-state index contributed by atoms with van der Waals surface area (Å²) in [6.07, 6.45) is 1.82. The zero-order valence-corrected chi connectivity index (χ0v) is 7.31. The van der Waals surface area contributed by atoms with E-state index in [0.29, 0.717) is 18.5 Å². The minimum absolute atomic E-state index is 0.330. The Labute approximate surface area is 80.4 Å². The number of azide groups is 1. The van der Waals surface area contributed by atoms with Crippen molar-refractivity contribution in [2.24, 2.45) is 5.11 Å². The molecule has 0 saturated carbocycles. The first kappa shape index (κ1) is 10.0. The molecule has 0 fully saturated rings. The molecule has 0 unspecified atom stereocenters. The number of hydrogen-bond acceptors (Lipinski definition) is 2. The van der Waals surface area contributed by atoms with Crippen LogP contribution in [0.25, 0.3) is 10.4 Å². The normalized spacial score (nSPS) is 8.36. The smallest absolute Gasteiger partial charge is 0.214 e. The lowest BCUT2D eigenvalue weighted by molar-refractivity contribution is 0.583. The minimum Gasteiger partial charge on any atom is -0.228 e. The van der Waals surface area contributed by atoms with Gasteiger partial charge in [0.25, 0.3) is 0 Å². The van der Waals surface area contributed by atoms with Gasteiger partial charge in [-0.05, 0) is 11.6 Å². The lowest BCUT2D eigenvalue weighted by Crippen LogP contribution is -1.82. The highest BCUT2D eigenvalue weighted by Gasteiger charge is 1.90. The Hall–Kier alpha value is -2.05. The first-order valence-corrected chi connectivity index (χ1v) is 3.94. The molecule has 1 aromatic heterocycles. The Morgan fingerprint density at radius 3 is 3.21 bits per heavy atom. The zero-order valence-electron chi connectivity index (χ0n) is 7.31. The second kappa shape index (κ2) is 5.57. The predicted octanol–water partition coefficient (Wildman–Crippen LogP) is 2.27. The molecule has 0 spiro atoms. The van der Waals surface area contributed by atoms with Crippen molar-refractivity contribution in [2.75, 3.05) is 6.54 Å². The summed E-state index contributed by atoms with van der Waals surface area (Å²) >= 11 is 0. The molecule has 0 aliphatic carbocycles. The van der Waals surface area contributed by atoms with E-state index in [4.69, 9.17) is 5.53 Å². The average molecular weight is 190 g/mol. The van der Waals surface area contributed by atoms with E-state index < -0.39 is 5.95 Å². The Morgan fingerprint density at radius 1 is 1.64 bits per heavy atom. The third kappa shape index (κ3) is 3.57. The largest absolute Gasteiger partial charge is 0.228 e. The fourth-order valence-electron chi connectivity index (χ4n) is 0.795. The van der Waals surface area contributed by atoms with Crippen molar-refractivity contribution in [3.05, 3.63) is 40.3 Å². The van der Waals surface area contributed by atoms with Crippen LogP contribution in [0, 0.1) is 17.8 Å². The molecule has 0 N–H and O–H groups in total. The van der Waals surface area contributed by atoms with E-state index in [9.17, 15) is 4.39 Å². The second-order valence-corrected chi connectivity index (χ2v) is 2.37. The van der Waals surface area contributed by atoms with Gasteiger partial charge in [-0.1, -0.05) is 17.0 Å². The second-order valence-electron chi connectivity index (χ2n) is 2.37. The highest BCUT2D eigenvalue weighted by molar-refractivity contribution is 5.32. The number of aromatic nitrogens is 1. The molecule has 0 atom stereocenters. The highest BCUT2D eigenvalue weighted by Crippen LogP contribution is 1.97. The standard InChI is InChI=1S/C9H7FN4/c10-9-7-8(4-6-12-9)3-1-2-5-13-14-11/h4,6-7H,2,5H2. The summed E-state index contributed by atoms with van der Waals surface area (Å²) in [6, 6.07) is 2.87. The van der Waals surface area contributed by atoms with Gasteiger partial charge in [0.15, 0.2) is 0 Å². The summed E-state index contributed by atoms with van der Waals surface area (Å²) < 4.78 is 12.6. The molecule has 0 aliphatic heterocycles. The maximum atomic E-state index is 12.6. The van der Waals surface area contributed by atoms with Crippen LogP contribution in [-0.2, 0) is 0 Å². The van der Waals surface area contributed by atoms with Crippen LogP contribution in [0.3, 0.4) is 0 Å². The van der Waals surface area contributed by atoms with Gasteiger partial charge < -0.3 is 0 Å². The average Bonchev–Trinajstić information content (AvgIpc) is 2.18. The van der Waals surface area contributed by atoms with E-state index in [0.717, 1.165) is 0 Å². The number of nitrogens with zero attached hydrogens (tertiary/aromatic N) is 4. The quantitative estimate of drug-likeness (QED) is 0.176. The van der Waals surface area contributed by atoms with Crippen molar-refractivity contribution in [3.8, 4) is 11.8 Å². The fraction of sp³-hybridized carbons (Fsp3) is 0.222. The maximum absolute atomic E-state index is 12.6. The molecule has 0 radical (unpaired) electrons.